The van der Waals surface area contributed by atoms with E-state index in [0.29, 0.717) is 6.07 Å². The van der Waals surface area contributed by atoms with Crippen molar-refractivity contribution in [1.82, 2.24) is 10.3 Å². The summed E-state index contributed by atoms with van der Waals surface area (Å²) in [6, 6.07) is 7.73. The molecule has 0 aliphatic heterocycles. The van der Waals surface area contributed by atoms with E-state index in [9.17, 15) is 26.8 Å². The molecular formula is C17H16F2N2O6S. The summed E-state index contributed by atoms with van der Waals surface area (Å²) < 4.78 is 56.9. The van der Waals surface area contributed by atoms with Gasteiger partial charge in [-0.25, -0.2) is 17.2 Å². The zero-order valence-corrected chi connectivity index (χ0v) is 15.1. The highest BCUT2D eigenvalue weighted by Gasteiger charge is 2.19. The molecule has 1 amide bonds. The zero-order chi connectivity index (χ0) is 20.7. The first-order valence-electron chi connectivity index (χ1n) is 7.91. The Bertz CT molecular complexity index is 981. The summed E-state index contributed by atoms with van der Waals surface area (Å²) in [5, 5.41) is 8.51. The van der Waals surface area contributed by atoms with Crippen molar-refractivity contribution in [3.8, 4) is 5.75 Å². The first-order chi connectivity index (χ1) is 13.2. The summed E-state index contributed by atoms with van der Waals surface area (Å²) >= 11 is 0. The minimum Gasteiger partial charge on any atom is -0.491 e. The second kappa shape index (κ2) is 9.24. The molecule has 0 fully saturated rings. The molecule has 0 bridgehead atoms. The Morgan fingerprint density at radius 1 is 1.07 bits per heavy atom. The van der Waals surface area contributed by atoms with E-state index >= 15 is 0 Å². The van der Waals surface area contributed by atoms with Gasteiger partial charge in [-0.1, -0.05) is 12.1 Å². The van der Waals surface area contributed by atoms with E-state index in [2.05, 4.69) is 0 Å². The molecule has 0 radical (unpaired) electrons. The average Bonchev–Trinajstić information content (AvgIpc) is 2.64. The van der Waals surface area contributed by atoms with Crippen LogP contribution in [0.3, 0.4) is 0 Å². The lowest BCUT2D eigenvalue weighted by molar-refractivity contribution is -0.137. The van der Waals surface area contributed by atoms with Crippen LogP contribution in [0.25, 0.3) is 0 Å². The topological polar surface area (TPSA) is 122 Å². The van der Waals surface area contributed by atoms with Crippen molar-refractivity contribution < 1.29 is 36.6 Å². The number of hydrazine groups is 1. The summed E-state index contributed by atoms with van der Waals surface area (Å²) in [6.07, 6.45) is -0.00182. The van der Waals surface area contributed by atoms with Crippen LogP contribution in [-0.2, 0) is 14.8 Å². The lowest BCUT2D eigenvalue weighted by atomic mass is 10.2. The Morgan fingerprint density at radius 2 is 1.79 bits per heavy atom. The van der Waals surface area contributed by atoms with E-state index in [0.717, 1.165) is 24.3 Å². The summed E-state index contributed by atoms with van der Waals surface area (Å²) in [5.74, 6) is -4.12. The third kappa shape index (κ3) is 5.72. The highest BCUT2D eigenvalue weighted by atomic mass is 32.2. The molecule has 0 aliphatic rings. The summed E-state index contributed by atoms with van der Waals surface area (Å²) in [5.41, 5.74) is 1.47. The average molecular weight is 414 g/mol. The molecule has 0 saturated heterocycles. The van der Waals surface area contributed by atoms with Crippen LogP contribution in [0.4, 0.5) is 8.78 Å². The number of amides is 1. The van der Waals surface area contributed by atoms with Crippen molar-refractivity contribution in [2.45, 2.75) is 17.7 Å². The van der Waals surface area contributed by atoms with Gasteiger partial charge in [0.1, 0.15) is 5.82 Å². The van der Waals surface area contributed by atoms with Crippen LogP contribution in [0.2, 0.25) is 0 Å². The number of sulfonamides is 1. The quantitative estimate of drug-likeness (QED) is 0.425. The van der Waals surface area contributed by atoms with Crippen molar-refractivity contribution in [1.29, 1.82) is 0 Å². The van der Waals surface area contributed by atoms with Gasteiger partial charge in [-0.15, -0.1) is 4.83 Å². The second-order valence-corrected chi connectivity index (χ2v) is 7.16. The fourth-order valence-corrected chi connectivity index (χ4v) is 2.91. The molecule has 0 aromatic heterocycles. The number of ether oxygens (including phenoxy) is 1. The number of hydrogen-bond donors (Lipinski definition) is 3. The molecule has 3 N–H and O–H groups in total. The van der Waals surface area contributed by atoms with Gasteiger partial charge in [-0.3, -0.25) is 15.0 Å². The molecule has 0 atom stereocenters. The van der Waals surface area contributed by atoms with Gasteiger partial charge >= 0.3 is 5.97 Å². The van der Waals surface area contributed by atoms with Gasteiger partial charge in [0.25, 0.3) is 15.9 Å². The first kappa shape index (κ1) is 21.3. The van der Waals surface area contributed by atoms with Crippen LogP contribution in [-0.4, -0.2) is 32.0 Å². The molecule has 2 aromatic rings. The van der Waals surface area contributed by atoms with E-state index in [1.165, 1.54) is 12.1 Å². The van der Waals surface area contributed by atoms with Gasteiger partial charge in [0.2, 0.25) is 0 Å². The lowest BCUT2D eigenvalue weighted by Gasteiger charge is -2.11. The van der Waals surface area contributed by atoms with E-state index in [1.54, 1.807) is 4.83 Å². The van der Waals surface area contributed by atoms with Crippen molar-refractivity contribution in [3.63, 3.8) is 0 Å². The highest BCUT2D eigenvalue weighted by molar-refractivity contribution is 7.89. The van der Waals surface area contributed by atoms with Gasteiger partial charge in [0.05, 0.1) is 17.1 Å². The van der Waals surface area contributed by atoms with E-state index in [-0.39, 0.29) is 30.8 Å². The van der Waals surface area contributed by atoms with E-state index in [4.69, 9.17) is 9.84 Å². The van der Waals surface area contributed by atoms with E-state index < -0.39 is 38.4 Å². The maximum atomic E-state index is 14.0. The molecule has 150 valence electrons. The fraction of sp³-hybridized carbons (Fsp3) is 0.176. The van der Waals surface area contributed by atoms with Crippen molar-refractivity contribution in [2.24, 2.45) is 0 Å². The van der Waals surface area contributed by atoms with Crippen LogP contribution in [0.1, 0.15) is 23.2 Å². The number of benzene rings is 2. The van der Waals surface area contributed by atoms with Crippen molar-refractivity contribution in [3.05, 3.63) is 59.7 Å². The van der Waals surface area contributed by atoms with Crippen LogP contribution >= 0.6 is 0 Å². The number of carbonyl (C=O) groups is 2. The predicted octanol–water partition coefficient (Wildman–Crippen LogP) is 1.83. The minimum absolute atomic E-state index is 0.0632. The predicted molar refractivity (Wildman–Crippen MR) is 93.0 cm³/mol. The fourth-order valence-electron chi connectivity index (χ4n) is 2.06. The summed E-state index contributed by atoms with van der Waals surface area (Å²) in [7, 11) is -4.33. The Balaban J connectivity index is 2.01. The number of halogens is 2. The Labute approximate surface area is 159 Å². The Kier molecular flexibility index (Phi) is 7.01. The van der Waals surface area contributed by atoms with Crippen LogP contribution in [0, 0.1) is 11.6 Å². The number of hydrogen-bond acceptors (Lipinski definition) is 5. The van der Waals surface area contributed by atoms with Crippen LogP contribution in [0.15, 0.2) is 47.4 Å². The standard InChI is InChI=1S/C17H16F2N2O6S/c18-13-5-2-1-4-12(13)17(24)20-21-28(25,26)11-7-8-15(14(19)10-11)27-9-3-6-16(22)23/h1-2,4-5,7-8,10,21H,3,6,9H2,(H,20,24)(H,22,23). The molecule has 0 aliphatic carbocycles. The smallest absolute Gasteiger partial charge is 0.303 e. The number of carbonyl (C=O) groups excluding carboxylic acids is 1. The maximum absolute atomic E-state index is 14.0. The summed E-state index contributed by atoms with van der Waals surface area (Å²) in [6.45, 7) is -0.0632. The molecule has 2 aromatic carbocycles. The maximum Gasteiger partial charge on any atom is 0.303 e. The number of carboxylic acids is 1. The molecule has 0 spiro atoms. The SMILES string of the molecule is O=C(O)CCCOc1ccc(S(=O)(=O)NNC(=O)c2ccccc2F)cc1F. The number of carboxylic acid groups (broad SMARTS) is 1. The molecule has 0 saturated carbocycles. The van der Waals surface area contributed by atoms with Gasteiger partial charge < -0.3 is 9.84 Å². The van der Waals surface area contributed by atoms with Crippen molar-refractivity contribution in [2.75, 3.05) is 6.61 Å². The molecular weight excluding hydrogens is 398 g/mol. The molecule has 8 nitrogen and oxygen atoms in total. The van der Waals surface area contributed by atoms with Gasteiger partial charge in [-0.2, -0.15) is 0 Å². The van der Waals surface area contributed by atoms with Gasteiger partial charge in [0, 0.05) is 6.42 Å². The molecule has 11 heteroatoms. The minimum atomic E-state index is -4.33. The number of nitrogens with one attached hydrogen (secondary N) is 2. The molecule has 0 heterocycles. The normalized spacial score (nSPS) is 11.1. The molecule has 28 heavy (non-hydrogen) atoms. The number of rotatable bonds is 9. The van der Waals surface area contributed by atoms with Gasteiger partial charge in [-0.05, 0) is 36.8 Å². The Morgan fingerprint density at radius 3 is 2.43 bits per heavy atom. The van der Waals surface area contributed by atoms with Gasteiger partial charge in [0.15, 0.2) is 11.6 Å². The third-order valence-electron chi connectivity index (χ3n) is 3.42. The first-order valence-corrected chi connectivity index (χ1v) is 9.40. The van der Waals surface area contributed by atoms with Crippen LogP contribution in [0.5, 0.6) is 5.75 Å². The highest BCUT2D eigenvalue weighted by Crippen LogP contribution is 2.21. The van der Waals surface area contributed by atoms with Crippen molar-refractivity contribution >= 4 is 21.9 Å². The second-order valence-electron chi connectivity index (χ2n) is 5.48. The molecule has 0 unspecified atom stereocenters. The van der Waals surface area contributed by atoms with E-state index in [1.807, 2.05) is 5.43 Å². The lowest BCUT2D eigenvalue weighted by Crippen LogP contribution is -2.41. The number of aliphatic carboxylic acids is 1. The monoisotopic (exact) mass is 414 g/mol. The Hall–Kier alpha value is -3.05. The molecule has 2 rings (SSSR count). The zero-order valence-electron chi connectivity index (χ0n) is 14.3. The summed E-state index contributed by atoms with van der Waals surface area (Å²) in [4.78, 5) is 23.5. The third-order valence-corrected chi connectivity index (χ3v) is 4.67. The van der Waals surface area contributed by atoms with Crippen LogP contribution < -0.4 is 15.0 Å². The largest absolute Gasteiger partial charge is 0.491 e.